The standard InChI is InChI=1S/C25H32N4O2/c1-17(2)29-14-22(26-16-29)21-13-28(23(30)20-6-4-5-18(3)11-20)15-25(21)9-10-27(24(25)31)12-19-7-8-19/h4-6,11,14,16-17,19,21H,7-10,12-13,15H2,1-3H3/t21-,25+/m1/s1. The summed E-state index contributed by atoms with van der Waals surface area (Å²) in [5.41, 5.74) is 2.16. The Morgan fingerprint density at radius 1 is 1.29 bits per heavy atom. The number of amides is 2. The first kappa shape index (κ1) is 20.3. The lowest BCUT2D eigenvalue weighted by Crippen LogP contribution is -2.41. The summed E-state index contributed by atoms with van der Waals surface area (Å²) in [7, 11) is 0. The van der Waals surface area contributed by atoms with Crippen LogP contribution in [0.15, 0.2) is 36.8 Å². The van der Waals surface area contributed by atoms with Gasteiger partial charge in [0, 0.05) is 49.9 Å². The number of rotatable bonds is 5. The number of aryl methyl sites for hydroxylation is 1. The van der Waals surface area contributed by atoms with E-state index in [1.165, 1.54) is 12.8 Å². The van der Waals surface area contributed by atoms with Crippen LogP contribution < -0.4 is 0 Å². The van der Waals surface area contributed by atoms with Crippen LogP contribution >= 0.6 is 0 Å². The van der Waals surface area contributed by atoms with E-state index in [4.69, 9.17) is 4.98 Å². The molecular weight excluding hydrogens is 388 g/mol. The third kappa shape index (κ3) is 3.56. The van der Waals surface area contributed by atoms with Gasteiger partial charge in [-0.25, -0.2) is 4.98 Å². The quantitative estimate of drug-likeness (QED) is 0.742. The van der Waals surface area contributed by atoms with Crippen molar-refractivity contribution in [1.82, 2.24) is 19.4 Å². The van der Waals surface area contributed by atoms with E-state index in [0.29, 0.717) is 30.6 Å². The highest BCUT2D eigenvalue weighted by atomic mass is 16.2. The second-order valence-electron chi connectivity index (χ2n) is 10.0. The first-order valence-electron chi connectivity index (χ1n) is 11.6. The zero-order valence-corrected chi connectivity index (χ0v) is 18.8. The summed E-state index contributed by atoms with van der Waals surface area (Å²) in [4.78, 5) is 35.8. The van der Waals surface area contributed by atoms with Crippen molar-refractivity contribution in [3.8, 4) is 0 Å². The van der Waals surface area contributed by atoms with E-state index in [1.807, 2.05) is 42.4 Å². The smallest absolute Gasteiger partial charge is 0.253 e. The number of nitrogens with zero attached hydrogens (tertiary/aromatic N) is 4. The summed E-state index contributed by atoms with van der Waals surface area (Å²) in [6.45, 7) is 8.95. The van der Waals surface area contributed by atoms with Crippen molar-refractivity contribution < 1.29 is 9.59 Å². The first-order valence-corrected chi connectivity index (χ1v) is 11.6. The largest absolute Gasteiger partial charge is 0.342 e. The zero-order chi connectivity index (χ0) is 21.8. The normalized spacial score (nSPS) is 25.9. The van der Waals surface area contributed by atoms with E-state index in [2.05, 4.69) is 29.5 Å². The third-order valence-corrected chi connectivity index (χ3v) is 7.39. The van der Waals surface area contributed by atoms with E-state index in [9.17, 15) is 9.59 Å². The second-order valence-corrected chi connectivity index (χ2v) is 10.0. The maximum Gasteiger partial charge on any atom is 0.253 e. The molecule has 31 heavy (non-hydrogen) atoms. The molecule has 5 rings (SSSR count). The highest BCUT2D eigenvalue weighted by Gasteiger charge is 2.59. The number of likely N-dealkylation sites (tertiary alicyclic amines) is 2. The van der Waals surface area contributed by atoms with Gasteiger partial charge in [-0.15, -0.1) is 0 Å². The Balaban J connectivity index is 1.47. The van der Waals surface area contributed by atoms with Crippen LogP contribution in [-0.4, -0.2) is 57.3 Å². The highest BCUT2D eigenvalue weighted by Crippen LogP contribution is 2.50. The Morgan fingerprint density at radius 2 is 2.10 bits per heavy atom. The van der Waals surface area contributed by atoms with Crippen LogP contribution in [0.4, 0.5) is 0 Å². The molecule has 1 aromatic carbocycles. The predicted molar refractivity (Wildman–Crippen MR) is 119 cm³/mol. The van der Waals surface area contributed by atoms with Crippen LogP contribution in [0.2, 0.25) is 0 Å². The van der Waals surface area contributed by atoms with E-state index in [0.717, 1.165) is 30.8 Å². The van der Waals surface area contributed by atoms with Gasteiger partial charge in [0.2, 0.25) is 5.91 Å². The Labute approximate surface area is 184 Å². The SMILES string of the molecule is Cc1cccc(C(=O)N2C[C@H](c3cn(C(C)C)cn3)[C@]3(CCN(CC4CC4)C3=O)C2)c1. The molecule has 6 nitrogen and oxygen atoms in total. The maximum atomic E-state index is 13.7. The summed E-state index contributed by atoms with van der Waals surface area (Å²) in [6, 6.07) is 8.05. The van der Waals surface area contributed by atoms with E-state index < -0.39 is 5.41 Å². The van der Waals surface area contributed by atoms with Crippen molar-refractivity contribution in [2.45, 2.75) is 52.0 Å². The number of aromatic nitrogens is 2. The van der Waals surface area contributed by atoms with Crippen LogP contribution in [0, 0.1) is 18.3 Å². The summed E-state index contributed by atoms with van der Waals surface area (Å²) in [5, 5.41) is 0. The molecular formula is C25H32N4O2. The van der Waals surface area contributed by atoms with Crippen LogP contribution in [0.1, 0.15) is 66.7 Å². The summed E-state index contributed by atoms with van der Waals surface area (Å²) < 4.78 is 2.09. The number of hydrogen-bond donors (Lipinski definition) is 0. The summed E-state index contributed by atoms with van der Waals surface area (Å²) in [5.74, 6) is 0.854. The summed E-state index contributed by atoms with van der Waals surface area (Å²) >= 11 is 0. The Hall–Kier alpha value is -2.63. The third-order valence-electron chi connectivity index (χ3n) is 7.39. The van der Waals surface area contributed by atoms with Gasteiger partial charge in [-0.05, 0) is 58.1 Å². The fourth-order valence-electron chi connectivity index (χ4n) is 5.33. The van der Waals surface area contributed by atoms with Crippen molar-refractivity contribution in [2.24, 2.45) is 11.3 Å². The minimum Gasteiger partial charge on any atom is -0.342 e. The van der Waals surface area contributed by atoms with Crippen molar-refractivity contribution >= 4 is 11.8 Å². The lowest BCUT2D eigenvalue weighted by molar-refractivity contribution is -0.136. The van der Waals surface area contributed by atoms with E-state index in [1.54, 1.807) is 0 Å². The number of hydrogen-bond acceptors (Lipinski definition) is 3. The molecule has 3 heterocycles. The lowest BCUT2D eigenvalue weighted by Gasteiger charge is -2.28. The molecule has 3 aliphatic rings. The topological polar surface area (TPSA) is 58.4 Å². The molecule has 2 aromatic rings. The Morgan fingerprint density at radius 3 is 2.77 bits per heavy atom. The van der Waals surface area contributed by atoms with Gasteiger partial charge in [0.1, 0.15) is 0 Å². The maximum absolute atomic E-state index is 13.7. The number of imidazole rings is 1. The van der Waals surface area contributed by atoms with Gasteiger partial charge in [0.15, 0.2) is 0 Å². The lowest BCUT2D eigenvalue weighted by atomic mass is 9.75. The van der Waals surface area contributed by atoms with Crippen LogP contribution in [-0.2, 0) is 4.79 Å². The number of carbonyl (C=O) groups is 2. The fourth-order valence-corrected chi connectivity index (χ4v) is 5.33. The molecule has 0 bridgehead atoms. The number of carbonyl (C=O) groups excluding carboxylic acids is 2. The molecule has 1 aromatic heterocycles. The molecule has 1 aliphatic carbocycles. The van der Waals surface area contributed by atoms with Gasteiger partial charge in [-0.3, -0.25) is 9.59 Å². The van der Waals surface area contributed by atoms with Crippen LogP contribution in [0.5, 0.6) is 0 Å². The van der Waals surface area contributed by atoms with Gasteiger partial charge in [0.25, 0.3) is 5.91 Å². The van der Waals surface area contributed by atoms with Crippen molar-refractivity contribution in [3.05, 3.63) is 53.6 Å². The van der Waals surface area contributed by atoms with Gasteiger partial charge in [-0.2, -0.15) is 0 Å². The van der Waals surface area contributed by atoms with Crippen LogP contribution in [0.3, 0.4) is 0 Å². The zero-order valence-electron chi connectivity index (χ0n) is 18.8. The second kappa shape index (κ2) is 7.50. The average Bonchev–Trinajstić information content (AvgIpc) is 3.17. The van der Waals surface area contributed by atoms with Crippen molar-refractivity contribution in [1.29, 1.82) is 0 Å². The van der Waals surface area contributed by atoms with E-state index >= 15 is 0 Å². The van der Waals surface area contributed by atoms with Crippen LogP contribution in [0.25, 0.3) is 0 Å². The molecule has 3 fully saturated rings. The summed E-state index contributed by atoms with van der Waals surface area (Å²) in [6.07, 6.45) is 7.21. The van der Waals surface area contributed by atoms with Gasteiger partial charge in [0.05, 0.1) is 17.4 Å². The fraction of sp³-hybridized carbons (Fsp3) is 0.560. The Kier molecular flexibility index (Phi) is 4.91. The molecule has 2 aliphatic heterocycles. The molecule has 0 N–H and O–H groups in total. The molecule has 6 heteroatoms. The molecule has 2 saturated heterocycles. The van der Waals surface area contributed by atoms with E-state index in [-0.39, 0.29) is 17.7 Å². The van der Waals surface area contributed by atoms with Gasteiger partial charge >= 0.3 is 0 Å². The monoisotopic (exact) mass is 420 g/mol. The number of benzene rings is 1. The predicted octanol–water partition coefficient (Wildman–Crippen LogP) is 3.64. The molecule has 2 atom stereocenters. The molecule has 164 valence electrons. The van der Waals surface area contributed by atoms with Crippen molar-refractivity contribution in [3.63, 3.8) is 0 Å². The highest BCUT2D eigenvalue weighted by molar-refractivity contribution is 5.96. The van der Waals surface area contributed by atoms with Crippen molar-refractivity contribution in [2.75, 3.05) is 26.2 Å². The van der Waals surface area contributed by atoms with Gasteiger partial charge in [-0.1, -0.05) is 17.7 Å². The molecule has 1 saturated carbocycles. The Bertz CT molecular complexity index is 1010. The van der Waals surface area contributed by atoms with Gasteiger partial charge < -0.3 is 14.4 Å². The minimum absolute atomic E-state index is 0.0160. The molecule has 2 amide bonds. The molecule has 0 radical (unpaired) electrons. The minimum atomic E-state index is -0.551. The average molecular weight is 421 g/mol. The first-order chi connectivity index (χ1) is 14.9. The molecule has 1 spiro atoms. The molecule has 0 unspecified atom stereocenters.